The van der Waals surface area contributed by atoms with Crippen LogP contribution < -0.4 is 0 Å². The maximum Gasteiger partial charge on any atom is 0.0654 e. The Labute approximate surface area is 99.5 Å². The number of unbranched alkanes of at least 4 members (excludes halogenated alkanes) is 4. The monoisotopic (exact) mass is 232 g/mol. The molecule has 0 aromatic carbocycles. The largest absolute Gasteiger partial charge is 0.378 e. The molecule has 0 spiro atoms. The average Bonchev–Trinajstić information content (AvgIpc) is 2.21. The predicted octanol–water partition coefficient (Wildman–Crippen LogP) is 4.38. The van der Waals surface area contributed by atoms with E-state index in [9.17, 15) is 0 Å². The van der Waals surface area contributed by atoms with Crippen LogP contribution >= 0.6 is 11.6 Å². The summed E-state index contributed by atoms with van der Waals surface area (Å²) in [7, 11) is 0. The highest BCUT2D eigenvalue weighted by molar-refractivity contribution is 6.21. The molecule has 0 radical (unpaired) electrons. The fourth-order valence-electron chi connectivity index (χ4n) is 2.05. The second kappa shape index (κ2) is 6.10. The standard InChI is InChI=1S/C13H25ClO/c1-4-5-6-7-8-9-15-12-10-11(14)13(12,2)3/h11-12H,4-10H2,1-3H3. The lowest BCUT2D eigenvalue weighted by molar-refractivity contribution is -0.0893. The van der Waals surface area contributed by atoms with Crippen molar-refractivity contribution >= 4 is 11.6 Å². The molecule has 90 valence electrons. The first kappa shape index (κ1) is 13.3. The lowest BCUT2D eigenvalue weighted by Gasteiger charge is -2.48. The molecule has 0 N–H and O–H groups in total. The van der Waals surface area contributed by atoms with Crippen LogP contribution in [0.3, 0.4) is 0 Å². The van der Waals surface area contributed by atoms with Gasteiger partial charge >= 0.3 is 0 Å². The molecule has 2 heteroatoms. The SMILES string of the molecule is CCCCCCCOC1CC(Cl)C1(C)C. The quantitative estimate of drug-likeness (QED) is 0.468. The van der Waals surface area contributed by atoms with Crippen molar-refractivity contribution in [3.8, 4) is 0 Å². The molecule has 1 nitrogen and oxygen atoms in total. The Bertz CT molecular complexity index is 179. The van der Waals surface area contributed by atoms with Crippen LogP contribution in [0.1, 0.15) is 59.3 Å². The lowest BCUT2D eigenvalue weighted by atomic mass is 9.68. The molecule has 1 aliphatic rings. The minimum absolute atomic E-state index is 0.185. The molecule has 2 atom stereocenters. The minimum Gasteiger partial charge on any atom is -0.378 e. The van der Waals surface area contributed by atoms with E-state index < -0.39 is 0 Å². The molecule has 0 aromatic rings. The van der Waals surface area contributed by atoms with E-state index in [1.54, 1.807) is 0 Å². The van der Waals surface area contributed by atoms with Crippen LogP contribution in [0.4, 0.5) is 0 Å². The Morgan fingerprint density at radius 1 is 1.20 bits per heavy atom. The first-order chi connectivity index (χ1) is 7.09. The molecule has 1 aliphatic carbocycles. The van der Waals surface area contributed by atoms with E-state index in [0.29, 0.717) is 11.5 Å². The molecule has 2 unspecified atom stereocenters. The van der Waals surface area contributed by atoms with Gasteiger partial charge in [0.1, 0.15) is 0 Å². The van der Waals surface area contributed by atoms with Crippen molar-refractivity contribution in [1.29, 1.82) is 0 Å². The number of hydrogen-bond donors (Lipinski definition) is 0. The van der Waals surface area contributed by atoms with E-state index >= 15 is 0 Å². The number of ether oxygens (including phenoxy) is 1. The zero-order valence-corrected chi connectivity index (χ0v) is 11.1. The molecular weight excluding hydrogens is 208 g/mol. The van der Waals surface area contributed by atoms with Gasteiger partial charge in [-0.3, -0.25) is 0 Å². The fourth-order valence-corrected chi connectivity index (χ4v) is 2.35. The van der Waals surface area contributed by atoms with Crippen LogP contribution in [-0.4, -0.2) is 18.1 Å². The van der Waals surface area contributed by atoms with Gasteiger partial charge in [0.2, 0.25) is 0 Å². The molecule has 0 amide bonds. The van der Waals surface area contributed by atoms with E-state index in [2.05, 4.69) is 20.8 Å². The summed E-state index contributed by atoms with van der Waals surface area (Å²) in [5.41, 5.74) is 0.185. The number of halogens is 1. The molecule has 0 aromatic heterocycles. The van der Waals surface area contributed by atoms with Crippen LogP contribution in [0.2, 0.25) is 0 Å². The van der Waals surface area contributed by atoms with Crippen molar-refractivity contribution in [3.05, 3.63) is 0 Å². The predicted molar refractivity (Wildman–Crippen MR) is 66.5 cm³/mol. The van der Waals surface area contributed by atoms with Gasteiger partial charge in [-0.25, -0.2) is 0 Å². The summed E-state index contributed by atoms with van der Waals surface area (Å²) in [5, 5.41) is 0.308. The van der Waals surface area contributed by atoms with Gasteiger partial charge in [0, 0.05) is 17.4 Å². The number of hydrogen-bond acceptors (Lipinski definition) is 1. The highest BCUT2D eigenvalue weighted by Crippen LogP contribution is 2.46. The van der Waals surface area contributed by atoms with Gasteiger partial charge in [0.15, 0.2) is 0 Å². The van der Waals surface area contributed by atoms with Crippen molar-refractivity contribution in [2.75, 3.05) is 6.61 Å². The van der Waals surface area contributed by atoms with E-state index in [1.165, 1.54) is 32.1 Å². The first-order valence-electron chi connectivity index (χ1n) is 6.34. The molecule has 15 heavy (non-hydrogen) atoms. The summed E-state index contributed by atoms with van der Waals surface area (Å²) < 4.78 is 5.86. The van der Waals surface area contributed by atoms with Crippen molar-refractivity contribution in [1.82, 2.24) is 0 Å². The Kier molecular flexibility index (Phi) is 5.42. The minimum atomic E-state index is 0.185. The molecular formula is C13H25ClO. The van der Waals surface area contributed by atoms with E-state index in [4.69, 9.17) is 16.3 Å². The van der Waals surface area contributed by atoms with E-state index in [0.717, 1.165) is 13.0 Å². The summed E-state index contributed by atoms with van der Waals surface area (Å²) in [4.78, 5) is 0. The Hall–Kier alpha value is 0.250. The maximum atomic E-state index is 6.14. The summed E-state index contributed by atoms with van der Waals surface area (Å²) in [6.45, 7) is 7.57. The molecule has 1 rings (SSSR count). The Balaban J connectivity index is 1.97. The van der Waals surface area contributed by atoms with Crippen molar-refractivity contribution < 1.29 is 4.74 Å². The third-order valence-electron chi connectivity index (χ3n) is 3.63. The fraction of sp³-hybridized carbons (Fsp3) is 1.00. The maximum absolute atomic E-state index is 6.14. The van der Waals surface area contributed by atoms with Crippen molar-refractivity contribution in [3.63, 3.8) is 0 Å². The second-order valence-electron chi connectivity index (χ2n) is 5.30. The van der Waals surface area contributed by atoms with Gasteiger partial charge in [-0.1, -0.05) is 46.5 Å². The molecule has 0 aliphatic heterocycles. The summed E-state index contributed by atoms with van der Waals surface area (Å²) in [6.07, 6.45) is 7.97. The van der Waals surface area contributed by atoms with Gasteiger partial charge < -0.3 is 4.74 Å². The van der Waals surface area contributed by atoms with Gasteiger partial charge in [-0.05, 0) is 12.8 Å². The van der Waals surface area contributed by atoms with Crippen LogP contribution in [0.15, 0.2) is 0 Å². The Morgan fingerprint density at radius 2 is 1.87 bits per heavy atom. The Morgan fingerprint density at radius 3 is 2.40 bits per heavy atom. The smallest absolute Gasteiger partial charge is 0.0654 e. The van der Waals surface area contributed by atoms with Crippen LogP contribution in [0, 0.1) is 5.41 Å². The summed E-state index contributed by atoms with van der Waals surface area (Å²) in [6, 6.07) is 0. The third-order valence-corrected chi connectivity index (χ3v) is 4.37. The van der Waals surface area contributed by atoms with Crippen LogP contribution in [0.5, 0.6) is 0 Å². The topological polar surface area (TPSA) is 9.23 Å². The average molecular weight is 233 g/mol. The van der Waals surface area contributed by atoms with E-state index in [1.807, 2.05) is 0 Å². The zero-order chi connectivity index (χ0) is 11.3. The first-order valence-corrected chi connectivity index (χ1v) is 6.78. The van der Waals surface area contributed by atoms with Crippen LogP contribution in [-0.2, 0) is 4.74 Å². The highest BCUT2D eigenvalue weighted by atomic mass is 35.5. The van der Waals surface area contributed by atoms with Gasteiger partial charge in [-0.2, -0.15) is 0 Å². The number of alkyl halides is 1. The van der Waals surface area contributed by atoms with E-state index in [-0.39, 0.29) is 5.41 Å². The highest BCUT2D eigenvalue weighted by Gasteiger charge is 2.47. The van der Waals surface area contributed by atoms with Gasteiger partial charge in [0.05, 0.1) is 6.10 Å². The molecule has 0 bridgehead atoms. The molecule has 0 heterocycles. The second-order valence-corrected chi connectivity index (χ2v) is 5.83. The van der Waals surface area contributed by atoms with Gasteiger partial charge in [0.25, 0.3) is 0 Å². The summed E-state index contributed by atoms with van der Waals surface area (Å²) >= 11 is 6.14. The lowest BCUT2D eigenvalue weighted by Crippen LogP contribution is -2.51. The zero-order valence-electron chi connectivity index (χ0n) is 10.4. The number of rotatable bonds is 7. The molecule has 1 fully saturated rings. The van der Waals surface area contributed by atoms with Gasteiger partial charge in [-0.15, -0.1) is 11.6 Å². The summed E-state index contributed by atoms with van der Waals surface area (Å²) in [5.74, 6) is 0. The molecule has 0 saturated heterocycles. The normalized spacial score (nSPS) is 28.8. The van der Waals surface area contributed by atoms with Crippen LogP contribution in [0.25, 0.3) is 0 Å². The third kappa shape index (κ3) is 3.64. The van der Waals surface area contributed by atoms with Crippen molar-refractivity contribution in [2.45, 2.75) is 70.8 Å². The van der Waals surface area contributed by atoms with Crippen molar-refractivity contribution in [2.24, 2.45) is 5.41 Å². The molecule has 1 saturated carbocycles.